The summed E-state index contributed by atoms with van der Waals surface area (Å²) in [6, 6.07) is 9.28. The molecule has 0 heterocycles. The van der Waals surface area contributed by atoms with Crippen molar-refractivity contribution in [3.8, 4) is 0 Å². The van der Waals surface area contributed by atoms with E-state index < -0.39 is 17.7 Å². The minimum absolute atomic E-state index is 0.0925. The molecule has 100 valence electrons. The van der Waals surface area contributed by atoms with Crippen molar-refractivity contribution < 1.29 is 8.78 Å². The van der Waals surface area contributed by atoms with Crippen LogP contribution >= 0.6 is 31.9 Å². The number of rotatable bonds is 3. The highest BCUT2D eigenvalue weighted by Crippen LogP contribution is 2.29. The molecule has 0 fully saturated rings. The molecule has 1 unspecified atom stereocenters. The summed E-state index contributed by atoms with van der Waals surface area (Å²) in [4.78, 5) is 0. The number of nitrogens with two attached hydrogens (primary N) is 1. The molecule has 1 nitrogen and oxygen atoms in total. The van der Waals surface area contributed by atoms with Crippen LogP contribution in [-0.4, -0.2) is 0 Å². The second-order valence-electron chi connectivity index (χ2n) is 4.16. The van der Waals surface area contributed by atoms with E-state index in [0.29, 0.717) is 6.42 Å². The number of halogens is 4. The van der Waals surface area contributed by atoms with Crippen molar-refractivity contribution in [2.45, 2.75) is 12.5 Å². The molecule has 0 aliphatic rings. The predicted octanol–water partition coefficient (Wildman–Crippen LogP) is 4.73. The summed E-state index contributed by atoms with van der Waals surface area (Å²) in [7, 11) is 0. The molecule has 0 aliphatic carbocycles. The van der Waals surface area contributed by atoms with Crippen LogP contribution in [0.2, 0.25) is 0 Å². The van der Waals surface area contributed by atoms with Gasteiger partial charge in [-0.15, -0.1) is 0 Å². The van der Waals surface area contributed by atoms with Gasteiger partial charge in [-0.3, -0.25) is 0 Å². The van der Waals surface area contributed by atoms with Crippen LogP contribution in [0, 0.1) is 11.6 Å². The summed E-state index contributed by atoms with van der Waals surface area (Å²) in [5.41, 5.74) is 6.76. The topological polar surface area (TPSA) is 26.0 Å². The largest absolute Gasteiger partial charge is 0.323 e. The Balaban J connectivity index is 2.33. The highest BCUT2D eigenvalue weighted by Gasteiger charge is 2.19. The zero-order valence-corrected chi connectivity index (χ0v) is 13.0. The van der Waals surface area contributed by atoms with Crippen LogP contribution in [-0.2, 0) is 6.42 Å². The number of benzene rings is 2. The van der Waals surface area contributed by atoms with Gasteiger partial charge in [-0.1, -0.05) is 34.1 Å². The van der Waals surface area contributed by atoms with Gasteiger partial charge in [0.05, 0.1) is 4.47 Å². The van der Waals surface area contributed by atoms with Gasteiger partial charge in [-0.2, -0.15) is 0 Å². The Labute approximate surface area is 127 Å². The fourth-order valence-electron chi connectivity index (χ4n) is 1.89. The SMILES string of the molecule is NC(Cc1ccccc1Br)c1c(F)ccc(Br)c1F. The second kappa shape index (κ2) is 6.11. The van der Waals surface area contributed by atoms with E-state index in [1.54, 1.807) is 0 Å². The smallest absolute Gasteiger partial charge is 0.145 e. The summed E-state index contributed by atoms with van der Waals surface area (Å²) < 4.78 is 28.8. The Morgan fingerprint density at radius 2 is 1.68 bits per heavy atom. The molecule has 0 bridgehead atoms. The average Bonchev–Trinajstić information content (AvgIpc) is 2.37. The molecule has 2 N–H and O–H groups in total. The highest BCUT2D eigenvalue weighted by atomic mass is 79.9. The van der Waals surface area contributed by atoms with E-state index >= 15 is 0 Å². The van der Waals surface area contributed by atoms with E-state index in [1.807, 2.05) is 24.3 Å². The molecule has 2 aromatic carbocycles. The lowest BCUT2D eigenvalue weighted by atomic mass is 9.99. The maximum Gasteiger partial charge on any atom is 0.145 e. The van der Waals surface area contributed by atoms with Crippen molar-refractivity contribution in [2.75, 3.05) is 0 Å². The molecule has 0 radical (unpaired) electrons. The van der Waals surface area contributed by atoms with Gasteiger partial charge in [-0.05, 0) is 46.1 Å². The molecule has 0 aromatic heterocycles. The lowest BCUT2D eigenvalue weighted by Crippen LogP contribution is -2.17. The molecule has 0 saturated heterocycles. The van der Waals surface area contributed by atoms with E-state index in [4.69, 9.17) is 5.73 Å². The summed E-state index contributed by atoms with van der Waals surface area (Å²) in [5, 5.41) is 0. The van der Waals surface area contributed by atoms with E-state index in [2.05, 4.69) is 31.9 Å². The normalized spacial score (nSPS) is 12.5. The number of hydrogen-bond acceptors (Lipinski definition) is 1. The Morgan fingerprint density at radius 1 is 1.00 bits per heavy atom. The van der Waals surface area contributed by atoms with Crippen molar-refractivity contribution in [1.82, 2.24) is 0 Å². The van der Waals surface area contributed by atoms with Crippen molar-refractivity contribution in [2.24, 2.45) is 5.73 Å². The van der Waals surface area contributed by atoms with Crippen LogP contribution in [0.4, 0.5) is 8.78 Å². The summed E-state index contributed by atoms with van der Waals surface area (Å²) in [6.07, 6.45) is 0.353. The second-order valence-corrected chi connectivity index (χ2v) is 5.87. The van der Waals surface area contributed by atoms with Gasteiger partial charge < -0.3 is 5.73 Å². The summed E-state index contributed by atoms with van der Waals surface area (Å²) in [6.45, 7) is 0. The molecular formula is C14H11Br2F2N. The fourth-order valence-corrected chi connectivity index (χ4v) is 2.68. The van der Waals surface area contributed by atoms with E-state index in [9.17, 15) is 8.78 Å². The van der Waals surface area contributed by atoms with Crippen LogP contribution in [0.5, 0.6) is 0 Å². The quantitative estimate of drug-likeness (QED) is 0.753. The van der Waals surface area contributed by atoms with Crippen molar-refractivity contribution in [3.05, 3.63) is 68.1 Å². The first-order chi connectivity index (χ1) is 9.00. The monoisotopic (exact) mass is 389 g/mol. The van der Waals surface area contributed by atoms with Crippen molar-refractivity contribution >= 4 is 31.9 Å². The minimum atomic E-state index is -0.740. The van der Waals surface area contributed by atoms with E-state index in [0.717, 1.165) is 10.0 Å². The Morgan fingerprint density at radius 3 is 2.37 bits per heavy atom. The zero-order valence-electron chi connectivity index (χ0n) is 9.84. The molecular weight excluding hydrogens is 380 g/mol. The molecule has 1 atom stereocenters. The van der Waals surface area contributed by atoms with Gasteiger partial charge in [0.25, 0.3) is 0 Å². The van der Waals surface area contributed by atoms with Crippen LogP contribution in [0.15, 0.2) is 45.3 Å². The maximum absolute atomic E-state index is 13.9. The molecule has 0 aliphatic heterocycles. The summed E-state index contributed by atoms with van der Waals surface area (Å²) >= 11 is 6.44. The predicted molar refractivity (Wildman–Crippen MR) is 78.8 cm³/mol. The third-order valence-corrected chi connectivity index (χ3v) is 4.23. The zero-order chi connectivity index (χ0) is 14.0. The lowest BCUT2D eigenvalue weighted by molar-refractivity contribution is 0.521. The van der Waals surface area contributed by atoms with Gasteiger partial charge in [-0.25, -0.2) is 8.78 Å². The molecule has 0 saturated carbocycles. The Hall–Kier alpha value is -0.780. The van der Waals surface area contributed by atoms with Gasteiger partial charge >= 0.3 is 0 Å². The lowest BCUT2D eigenvalue weighted by Gasteiger charge is -2.15. The number of hydrogen-bond donors (Lipinski definition) is 1. The van der Waals surface area contributed by atoms with E-state index in [-0.39, 0.29) is 10.0 Å². The van der Waals surface area contributed by atoms with Crippen LogP contribution in [0.3, 0.4) is 0 Å². The van der Waals surface area contributed by atoms with Crippen LogP contribution < -0.4 is 5.73 Å². The third-order valence-electron chi connectivity index (χ3n) is 2.85. The van der Waals surface area contributed by atoms with Gasteiger partial charge in [0.1, 0.15) is 11.6 Å². The van der Waals surface area contributed by atoms with Crippen LogP contribution in [0.1, 0.15) is 17.2 Å². The van der Waals surface area contributed by atoms with Crippen molar-refractivity contribution in [1.29, 1.82) is 0 Å². The van der Waals surface area contributed by atoms with Gasteiger partial charge in [0, 0.05) is 16.1 Å². The molecule has 2 rings (SSSR count). The first-order valence-electron chi connectivity index (χ1n) is 5.63. The van der Waals surface area contributed by atoms with Gasteiger partial charge in [0.2, 0.25) is 0 Å². The molecule has 19 heavy (non-hydrogen) atoms. The molecule has 5 heteroatoms. The molecule has 2 aromatic rings. The maximum atomic E-state index is 13.9. The minimum Gasteiger partial charge on any atom is -0.323 e. The summed E-state index contributed by atoms with van der Waals surface area (Å²) in [5.74, 6) is -1.26. The Kier molecular flexibility index (Phi) is 4.71. The van der Waals surface area contributed by atoms with Crippen LogP contribution in [0.25, 0.3) is 0 Å². The van der Waals surface area contributed by atoms with Crippen molar-refractivity contribution in [3.63, 3.8) is 0 Å². The Bertz CT molecular complexity index is 602. The third kappa shape index (κ3) is 3.22. The first kappa shape index (κ1) is 14.6. The fraction of sp³-hybridized carbons (Fsp3) is 0.143. The average molecular weight is 391 g/mol. The molecule has 0 amide bonds. The highest BCUT2D eigenvalue weighted by molar-refractivity contribution is 9.10. The first-order valence-corrected chi connectivity index (χ1v) is 7.21. The standard InChI is InChI=1S/C14H11Br2F2N/c15-9-4-2-1-3-8(9)7-12(19)13-11(17)6-5-10(16)14(13)18/h1-6,12H,7,19H2. The molecule has 0 spiro atoms. The van der Waals surface area contributed by atoms with Gasteiger partial charge in [0.15, 0.2) is 0 Å². The van der Waals surface area contributed by atoms with E-state index in [1.165, 1.54) is 12.1 Å².